The Morgan fingerprint density at radius 1 is 0.708 bits per heavy atom. The summed E-state index contributed by atoms with van der Waals surface area (Å²) in [6, 6.07) is 21.6. The Hall–Kier alpha value is -2.69. The Morgan fingerprint density at radius 2 is 1.42 bits per heavy atom. The van der Waals surface area contributed by atoms with Crippen molar-refractivity contribution in [3.05, 3.63) is 83.4 Å². The van der Waals surface area contributed by atoms with Crippen molar-refractivity contribution in [1.82, 2.24) is 15.0 Å². The number of rotatable bonds is 0. The average molecular weight is 354 g/mol. The van der Waals surface area contributed by atoms with Crippen LogP contribution in [-0.2, 0) is 16.8 Å². The maximum absolute atomic E-state index is 4.60. The van der Waals surface area contributed by atoms with E-state index in [4.69, 9.17) is 0 Å². The Labute approximate surface area is 150 Å². The first-order chi connectivity index (χ1) is 11.4. The van der Waals surface area contributed by atoms with E-state index in [2.05, 4.69) is 27.1 Å². The molecule has 4 heterocycles. The molecule has 0 saturated carbocycles. The van der Waals surface area contributed by atoms with Gasteiger partial charge in [-0.1, -0.05) is 11.6 Å². The molecule has 0 spiro atoms. The first kappa shape index (κ1) is 16.2. The molecule has 24 heavy (non-hydrogen) atoms. The van der Waals surface area contributed by atoms with Crippen LogP contribution in [-0.4, -0.2) is 15.0 Å². The molecule has 1 radical (unpaired) electrons. The maximum atomic E-state index is 4.60. The normalized spacial score (nSPS) is 11.5. The fourth-order valence-corrected chi connectivity index (χ4v) is 2.36. The molecule has 0 amide bonds. The van der Waals surface area contributed by atoms with Gasteiger partial charge in [0, 0.05) is 11.2 Å². The maximum Gasteiger partial charge on any atom is 2.00 e. The molecular weight excluding hydrogens is 341 g/mol. The summed E-state index contributed by atoms with van der Waals surface area (Å²) in [6.45, 7) is 0. The van der Waals surface area contributed by atoms with Crippen molar-refractivity contribution >= 4 is 35.3 Å². The van der Waals surface area contributed by atoms with Gasteiger partial charge in [-0.2, -0.15) is 6.07 Å². The number of fused-ring (bicyclic) bond motifs is 7. The summed E-state index contributed by atoms with van der Waals surface area (Å²) >= 11 is 0. The van der Waals surface area contributed by atoms with Crippen LogP contribution in [0.2, 0.25) is 0 Å². The molecule has 4 rings (SSSR count). The van der Waals surface area contributed by atoms with Crippen molar-refractivity contribution in [2.75, 3.05) is 0 Å². The van der Waals surface area contributed by atoms with E-state index in [-0.39, 0.29) is 16.8 Å². The fourth-order valence-electron chi connectivity index (χ4n) is 2.36. The summed E-state index contributed by atoms with van der Waals surface area (Å²) in [5.41, 5.74) is 5.51. The molecule has 0 aliphatic carbocycles. The molecule has 2 aliphatic heterocycles. The number of H-pyrrole nitrogens is 1. The van der Waals surface area contributed by atoms with E-state index in [1.807, 2.05) is 72.8 Å². The molecule has 117 valence electrons. The van der Waals surface area contributed by atoms with Crippen LogP contribution >= 0.6 is 0 Å². The molecule has 0 fully saturated rings. The van der Waals surface area contributed by atoms with Gasteiger partial charge in [0.25, 0.3) is 0 Å². The van der Waals surface area contributed by atoms with Gasteiger partial charge in [0.1, 0.15) is 0 Å². The van der Waals surface area contributed by atoms with Gasteiger partial charge in [-0.05, 0) is 36.4 Å². The molecular formula is C20H13CoN3. The Kier molecular flexibility index (Phi) is 4.89. The molecule has 1 N–H and O–H groups in total. The van der Waals surface area contributed by atoms with E-state index in [1.54, 1.807) is 0 Å². The van der Waals surface area contributed by atoms with Crippen LogP contribution in [0.15, 0.2) is 48.5 Å². The fraction of sp³-hybridized carbons (Fsp3) is 0. The van der Waals surface area contributed by atoms with Crippen molar-refractivity contribution in [2.45, 2.75) is 0 Å². The summed E-state index contributed by atoms with van der Waals surface area (Å²) in [6.07, 6.45) is 7.93. The van der Waals surface area contributed by atoms with Crippen LogP contribution in [0.5, 0.6) is 0 Å². The molecule has 2 aromatic rings. The average Bonchev–Trinajstić information content (AvgIpc) is 3.27. The largest absolute Gasteiger partial charge is 2.00 e. The SMILES string of the molecule is [Co+2].[c-]1cc[c-]c2ccc(ccc3nc(c4nc(cc1)C=C4)C=C3)[nH]2. The third-order valence-corrected chi connectivity index (χ3v) is 3.50. The molecule has 0 unspecified atom stereocenters. The molecule has 0 atom stereocenters. The Morgan fingerprint density at radius 3 is 2.21 bits per heavy atom. The van der Waals surface area contributed by atoms with E-state index in [1.165, 1.54) is 0 Å². The van der Waals surface area contributed by atoms with Crippen LogP contribution in [0.3, 0.4) is 0 Å². The van der Waals surface area contributed by atoms with Crippen molar-refractivity contribution in [3.8, 4) is 0 Å². The van der Waals surface area contributed by atoms with E-state index in [9.17, 15) is 0 Å². The molecule has 6 bridgehead atoms. The molecule has 0 aromatic carbocycles. The van der Waals surface area contributed by atoms with Crippen molar-refractivity contribution in [3.63, 3.8) is 0 Å². The molecule has 3 nitrogen and oxygen atoms in total. The topological polar surface area (TPSA) is 41.6 Å². The van der Waals surface area contributed by atoms with E-state index >= 15 is 0 Å². The van der Waals surface area contributed by atoms with Gasteiger partial charge >= 0.3 is 16.8 Å². The van der Waals surface area contributed by atoms with Gasteiger partial charge in [0.15, 0.2) is 0 Å². The number of aromatic nitrogens is 3. The zero-order chi connectivity index (χ0) is 15.5. The van der Waals surface area contributed by atoms with Gasteiger partial charge in [0.05, 0.1) is 17.1 Å². The van der Waals surface area contributed by atoms with Gasteiger partial charge in [0.2, 0.25) is 0 Å². The van der Waals surface area contributed by atoms with Crippen LogP contribution in [0.1, 0.15) is 22.8 Å². The summed E-state index contributed by atoms with van der Waals surface area (Å²) in [7, 11) is 0. The minimum atomic E-state index is 0. The molecule has 2 aliphatic rings. The summed E-state index contributed by atoms with van der Waals surface area (Å²) < 4.78 is 0. The third-order valence-electron chi connectivity index (χ3n) is 3.50. The van der Waals surface area contributed by atoms with Crippen LogP contribution < -0.4 is 0 Å². The number of nitrogens with zero attached hydrogens (tertiary/aromatic N) is 2. The summed E-state index contributed by atoms with van der Waals surface area (Å²) in [5, 5.41) is 0. The van der Waals surface area contributed by atoms with Gasteiger partial charge < -0.3 is 4.98 Å². The minimum Gasteiger partial charge on any atom is -0.380 e. The first-order valence-electron chi connectivity index (χ1n) is 7.36. The molecule has 0 saturated heterocycles. The summed E-state index contributed by atoms with van der Waals surface area (Å²) in [5.74, 6) is 0. The zero-order valence-corrected chi connectivity index (χ0v) is 13.7. The van der Waals surface area contributed by atoms with Gasteiger partial charge in [-0.3, -0.25) is 23.2 Å². The second kappa shape index (κ2) is 7.25. The predicted molar refractivity (Wildman–Crippen MR) is 93.5 cm³/mol. The van der Waals surface area contributed by atoms with E-state index < -0.39 is 0 Å². The standard InChI is InChI=1S/C20H13N3.Co/c1-2-4-6-16-11-13-19(22-16)20-14-12-18(23-20)10-9-17-8-7-15(21-17)5-3-1;/h1,3-4,6-14,21H;/q-2;+2. The second-order valence-electron chi connectivity index (χ2n) is 5.15. The van der Waals surface area contributed by atoms with E-state index in [0.29, 0.717) is 0 Å². The van der Waals surface area contributed by atoms with Crippen LogP contribution in [0, 0.1) is 12.1 Å². The van der Waals surface area contributed by atoms with Crippen molar-refractivity contribution < 1.29 is 16.8 Å². The predicted octanol–water partition coefficient (Wildman–Crippen LogP) is 4.33. The van der Waals surface area contributed by atoms with Crippen LogP contribution in [0.25, 0.3) is 35.3 Å². The van der Waals surface area contributed by atoms with Gasteiger partial charge in [-0.15, -0.1) is 12.1 Å². The Balaban J connectivity index is 0.00000169. The van der Waals surface area contributed by atoms with Gasteiger partial charge in [-0.25, -0.2) is 11.1 Å². The zero-order valence-electron chi connectivity index (χ0n) is 12.7. The quantitative estimate of drug-likeness (QED) is 0.478. The Bertz CT molecular complexity index is 985. The van der Waals surface area contributed by atoms with Crippen molar-refractivity contribution in [1.29, 1.82) is 0 Å². The second-order valence-corrected chi connectivity index (χ2v) is 5.15. The minimum absolute atomic E-state index is 0. The molecule has 4 heteroatoms. The number of aromatic amines is 1. The van der Waals surface area contributed by atoms with E-state index in [0.717, 1.165) is 33.8 Å². The van der Waals surface area contributed by atoms with Crippen molar-refractivity contribution in [2.24, 2.45) is 0 Å². The first-order valence-corrected chi connectivity index (χ1v) is 7.36. The van der Waals surface area contributed by atoms with Crippen LogP contribution in [0.4, 0.5) is 0 Å². The number of hydrogen-bond donors (Lipinski definition) is 1. The number of nitrogens with one attached hydrogen (secondary N) is 1. The summed E-state index contributed by atoms with van der Waals surface area (Å²) in [4.78, 5) is 12.4. The smallest absolute Gasteiger partial charge is 0.380 e. The third kappa shape index (κ3) is 3.61. The monoisotopic (exact) mass is 354 g/mol. The molecule has 2 aromatic heterocycles. The number of hydrogen-bond acceptors (Lipinski definition) is 2.